The lowest BCUT2D eigenvalue weighted by molar-refractivity contribution is -0.137. The number of rotatable bonds is 2. The van der Waals surface area contributed by atoms with Gasteiger partial charge in [0.05, 0.1) is 5.56 Å². The number of halogens is 3. The first-order chi connectivity index (χ1) is 8.86. The van der Waals surface area contributed by atoms with Crippen LogP contribution < -0.4 is 5.32 Å². The molecule has 0 aliphatic carbocycles. The van der Waals surface area contributed by atoms with E-state index in [0.717, 1.165) is 37.6 Å². The Labute approximate surface area is 111 Å². The topological polar surface area (TPSA) is 15.3 Å². The van der Waals surface area contributed by atoms with Crippen molar-refractivity contribution in [3.05, 3.63) is 29.3 Å². The number of alkyl halides is 3. The predicted molar refractivity (Wildman–Crippen MR) is 70.3 cm³/mol. The Hall–Kier alpha value is -1.23. The number of nitrogens with zero attached hydrogens (tertiary/aromatic N) is 1. The van der Waals surface area contributed by atoms with Crippen molar-refractivity contribution in [1.82, 2.24) is 4.90 Å². The average Bonchev–Trinajstić information content (AvgIpc) is 2.30. The Morgan fingerprint density at radius 1 is 1.32 bits per heavy atom. The minimum Gasteiger partial charge on any atom is -0.381 e. The van der Waals surface area contributed by atoms with Crippen molar-refractivity contribution in [2.24, 2.45) is 0 Å². The maximum atomic E-state index is 12.7. The number of likely N-dealkylation sites (tertiary alicyclic amines) is 1. The second-order valence-corrected chi connectivity index (χ2v) is 5.27. The number of aryl methyl sites for hydroxylation is 1. The number of likely N-dealkylation sites (N-methyl/N-ethyl adjacent to an activating group) is 1. The lowest BCUT2D eigenvalue weighted by Crippen LogP contribution is -2.39. The van der Waals surface area contributed by atoms with Gasteiger partial charge in [0.25, 0.3) is 0 Å². The van der Waals surface area contributed by atoms with Crippen LogP contribution in [0.15, 0.2) is 18.2 Å². The zero-order valence-electron chi connectivity index (χ0n) is 11.2. The fraction of sp³-hybridized carbons (Fsp3) is 0.571. The highest BCUT2D eigenvalue weighted by Crippen LogP contribution is 2.32. The summed E-state index contributed by atoms with van der Waals surface area (Å²) >= 11 is 0. The lowest BCUT2D eigenvalue weighted by Gasteiger charge is -2.31. The average molecular weight is 272 g/mol. The molecule has 106 valence electrons. The molecule has 1 aliphatic heterocycles. The number of hydrogen-bond acceptors (Lipinski definition) is 2. The second kappa shape index (κ2) is 5.41. The first kappa shape index (κ1) is 14.2. The molecule has 0 amide bonds. The minimum absolute atomic E-state index is 0.223. The molecule has 0 spiro atoms. The van der Waals surface area contributed by atoms with E-state index in [2.05, 4.69) is 10.2 Å². The monoisotopic (exact) mass is 272 g/mol. The van der Waals surface area contributed by atoms with Gasteiger partial charge in [-0.05, 0) is 51.1 Å². The summed E-state index contributed by atoms with van der Waals surface area (Å²) in [4.78, 5) is 2.20. The zero-order chi connectivity index (χ0) is 14.0. The van der Waals surface area contributed by atoms with Gasteiger partial charge in [-0.2, -0.15) is 13.2 Å². The Bertz CT molecular complexity index is 443. The number of benzene rings is 1. The fourth-order valence-corrected chi connectivity index (χ4v) is 2.46. The van der Waals surface area contributed by atoms with E-state index < -0.39 is 11.7 Å². The van der Waals surface area contributed by atoms with E-state index in [1.807, 2.05) is 14.0 Å². The van der Waals surface area contributed by atoms with Crippen LogP contribution in [0.3, 0.4) is 0 Å². The summed E-state index contributed by atoms with van der Waals surface area (Å²) in [5, 5.41) is 3.25. The van der Waals surface area contributed by atoms with E-state index >= 15 is 0 Å². The van der Waals surface area contributed by atoms with Gasteiger partial charge < -0.3 is 10.2 Å². The summed E-state index contributed by atoms with van der Waals surface area (Å²) in [5.74, 6) is 0. The van der Waals surface area contributed by atoms with Crippen LogP contribution >= 0.6 is 0 Å². The molecule has 5 heteroatoms. The van der Waals surface area contributed by atoms with Crippen LogP contribution in [0.1, 0.15) is 24.0 Å². The van der Waals surface area contributed by atoms with Crippen LogP contribution in [0.5, 0.6) is 0 Å². The highest BCUT2D eigenvalue weighted by atomic mass is 19.4. The molecule has 0 bridgehead atoms. The molecule has 2 nitrogen and oxygen atoms in total. The van der Waals surface area contributed by atoms with Crippen LogP contribution in [0, 0.1) is 6.92 Å². The first-order valence-electron chi connectivity index (χ1n) is 6.49. The van der Waals surface area contributed by atoms with Gasteiger partial charge >= 0.3 is 6.18 Å². The van der Waals surface area contributed by atoms with Crippen molar-refractivity contribution in [3.63, 3.8) is 0 Å². The molecule has 2 rings (SSSR count). The van der Waals surface area contributed by atoms with Crippen LogP contribution in [0.2, 0.25) is 0 Å². The highest BCUT2D eigenvalue weighted by molar-refractivity contribution is 5.54. The van der Waals surface area contributed by atoms with Crippen LogP contribution in [-0.4, -0.2) is 31.1 Å². The zero-order valence-corrected chi connectivity index (χ0v) is 11.2. The SMILES string of the molecule is Cc1ccc(C(F)(F)F)cc1NC1CCCN(C)C1. The molecular weight excluding hydrogens is 253 g/mol. The molecule has 1 aliphatic rings. The number of anilines is 1. The summed E-state index contributed by atoms with van der Waals surface area (Å²) in [7, 11) is 2.03. The van der Waals surface area contributed by atoms with E-state index in [4.69, 9.17) is 0 Å². The van der Waals surface area contributed by atoms with Gasteiger partial charge in [-0.3, -0.25) is 0 Å². The second-order valence-electron chi connectivity index (χ2n) is 5.27. The fourth-order valence-electron chi connectivity index (χ4n) is 2.46. The van der Waals surface area contributed by atoms with E-state index in [1.165, 1.54) is 12.1 Å². The molecule has 0 aromatic heterocycles. The Morgan fingerprint density at radius 3 is 2.68 bits per heavy atom. The molecular formula is C14H19F3N2. The van der Waals surface area contributed by atoms with Crippen molar-refractivity contribution < 1.29 is 13.2 Å². The molecule has 1 aromatic rings. The summed E-state index contributed by atoms with van der Waals surface area (Å²) < 4.78 is 38.1. The third-order valence-electron chi connectivity index (χ3n) is 3.55. The maximum Gasteiger partial charge on any atom is 0.416 e. The predicted octanol–water partition coefficient (Wildman–Crippen LogP) is 3.52. The number of hydrogen-bond donors (Lipinski definition) is 1. The molecule has 0 radical (unpaired) electrons. The van der Waals surface area contributed by atoms with Gasteiger partial charge in [-0.15, -0.1) is 0 Å². The summed E-state index contributed by atoms with van der Waals surface area (Å²) in [6.07, 6.45) is -2.21. The number of nitrogens with one attached hydrogen (secondary N) is 1. The van der Waals surface area contributed by atoms with Crippen LogP contribution in [-0.2, 0) is 6.18 Å². The van der Waals surface area contributed by atoms with Crippen molar-refractivity contribution in [2.75, 3.05) is 25.5 Å². The molecule has 1 unspecified atom stereocenters. The molecule has 1 heterocycles. The van der Waals surface area contributed by atoms with Gasteiger partial charge in [-0.1, -0.05) is 6.07 Å². The number of piperidine rings is 1. The summed E-state index contributed by atoms with van der Waals surface area (Å²) in [6.45, 7) is 3.75. The van der Waals surface area contributed by atoms with Crippen molar-refractivity contribution in [1.29, 1.82) is 0 Å². The molecule has 0 saturated carbocycles. The van der Waals surface area contributed by atoms with Crippen LogP contribution in [0.4, 0.5) is 18.9 Å². The van der Waals surface area contributed by atoms with E-state index in [1.54, 1.807) is 0 Å². The highest BCUT2D eigenvalue weighted by Gasteiger charge is 2.31. The molecule has 1 atom stereocenters. The lowest BCUT2D eigenvalue weighted by atomic mass is 10.0. The smallest absolute Gasteiger partial charge is 0.381 e. The normalized spacial score (nSPS) is 21.4. The molecule has 1 aromatic carbocycles. The van der Waals surface area contributed by atoms with Gasteiger partial charge in [0.15, 0.2) is 0 Å². The molecule has 1 fully saturated rings. The van der Waals surface area contributed by atoms with Gasteiger partial charge in [-0.25, -0.2) is 0 Å². The quantitative estimate of drug-likeness (QED) is 0.886. The molecule has 19 heavy (non-hydrogen) atoms. The Morgan fingerprint density at radius 2 is 2.05 bits per heavy atom. The first-order valence-corrected chi connectivity index (χ1v) is 6.49. The van der Waals surface area contributed by atoms with E-state index in [9.17, 15) is 13.2 Å². The Balaban J connectivity index is 2.15. The molecule has 1 saturated heterocycles. The van der Waals surface area contributed by atoms with Crippen molar-refractivity contribution in [3.8, 4) is 0 Å². The van der Waals surface area contributed by atoms with Gasteiger partial charge in [0.2, 0.25) is 0 Å². The van der Waals surface area contributed by atoms with Crippen molar-refractivity contribution >= 4 is 5.69 Å². The third kappa shape index (κ3) is 3.62. The van der Waals surface area contributed by atoms with E-state index in [-0.39, 0.29) is 6.04 Å². The van der Waals surface area contributed by atoms with Crippen LogP contribution in [0.25, 0.3) is 0 Å². The van der Waals surface area contributed by atoms with Crippen molar-refractivity contribution in [2.45, 2.75) is 32.0 Å². The largest absolute Gasteiger partial charge is 0.416 e. The third-order valence-corrected chi connectivity index (χ3v) is 3.55. The van der Waals surface area contributed by atoms with Gasteiger partial charge in [0.1, 0.15) is 0 Å². The molecule has 1 N–H and O–H groups in total. The summed E-state index contributed by atoms with van der Waals surface area (Å²) in [6, 6.07) is 4.09. The Kier molecular flexibility index (Phi) is 4.04. The summed E-state index contributed by atoms with van der Waals surface area (Å²) in [5.41, 5.74) is 0.848. The standard InChI is InChI=1S/C14H19F3N2/c1-10-5-6-11(14(15,16)17)8-13(10)18-12-4-3-7-19(2)9-12/h5-6,8,12,18H,3-4,7,9H2,1-2H3. The minimum atomic E-state index is -4.28. The van der Waals surface area contributed by atoms with Gasteiger partial charge in [0, 0.05) is 18.3 Å². The van der Waals surface area contributed by atoms with E-state index in [0.29, 0.717) is 5.69 Å². The maximum absolute atomic E-state index is 12.7.